The molecule has 5 heteroatoms. The van der Waals surface area contributed by atoms with Gasteiger partial charge in [-0.05, 0) is 30.7 Å². The fourth-order valence-corrected chi connectivity index (χ4v) is 4.68. The van der Waals surface area contributed by atoms with E-state index in [4.69, 9.17) is 4.74 Å². The minimum Gasteiger partial charge on any atom is -0.481 e. The molecule has 2 fully saturated rings. The Hall–Kier alpha value is -2.04. The van der Waals surface area contributed by atoms with E-state index in [1.54, 1.807) is 4.90 Å². The first-order chi connectivity index (χ1) is 12.5. The fourth-order valence-electron chi connectivity index (χ4n) is 4.68. The van der Waals surface area contributed by atoms with Crippen LogP contribution >= 0.6 is 0 Å². The number of ether oxygens (including phenoxy) is 1. The highest BCUT2D eigenvalue weighted by atomic mass is 16.6. The largest absolute Gasteiger partial charge is 0.481 e. The van der Waals surface area contributed by atoms with Gasteiger partial charge in [0.05, 0.1) is 5.92 Å². The maximum Gasteiger partial charge on any atom is 0.410 e. The molecular formula is C21H29NO4. The van der Waals surface area contributed by atoms with Gasteiger partial charge in [0.2, 0.25) is 0 Å². The Morgan fingerprint density at radius 1 is 1.23 bits per heavy atom. The Morgan fingerprint density at radius 3 is 2.69 bits per heavy atom. The predicted octanol–water partition coefficient (Wildman–Crippen LogP) is 4.32. The molecular weight excluding hydrogens is 330 g/mol. The highest BCUT2D eigenvalue weighted by Crippen LogP contribution is 2.48. The molecule has 2 aliphatic rings. The van der Waals surface area contributed by atoms with Crippen LogP contribution in [0.15, 0.2) is 30.3 Å². The molecule has 1 aliphatic heterocycles. The summed E-state index contributed by atoms with van der Waals surface area (Å²) >= 11 is 0. The van der Waals surface area contributed by atoms with E-state index in [2.05, 4.69) is 6.92 Å². The maximum absolute atomic E-state index is 12.5. The van der Waals surface area contributed by atoms with E-state index >= 15 is 0 Å². The van der Waals surface area contributed by atoms with Gasteiger partial charge in [0, 0.05) is 18.5 Å². The molecule has 1 aliphatic carbocycles. The number of amides is 1. The van der Waals surface area contributed by atoms with Crippen molar-refractivity contribution in [3.8, 4) is 0 Å². The zero-order chi connectivity index (χ0) is 18.6. The Bertz CT molecular complexity index is 632. The van der Waals surface area contributed by atoms with Crippen LogP contribution in [0.25, 0.3) is 0 Å². The van der Waals surface area contributed by atoms with Crippen LogP contribution in [0.1, 0.15) is 51.0 Å². The van der Waals surface area contributed by atoms with E-state index in [0.717, 1.165) is 37.7 Å². The third kappa shape index (κ3) is 4.02. The van der Waals surface area contributed by atoms with Crippen LogP contribution < -0.4 is 0 Å². The molecule has 3 unspecified atom stereocenters. The minimum absolute atomic E-state index is 0.221. The number of carboxylic acid groups (broad SMARTS) is 1. The first-order valence-electron chi connectivity index (χ1n) is 9.72. The van der Waals surface area contributed by atoms with Gasteiger partial charge in [0.15, 0.2) is 0 Å². The monoisotopic (exact) mass is 359 g/mol. The molecule has 3 rings (SSSR count). The van der Waals surface area contributed by atoms with Crippen LogP contribution in [0.5, 0.6) is 0 Å². The summed E-state index contributed by atoms with van der Waals surface area (Å²) in [4.78, 5) is 26.1. The van der Waals surface area contributed by atoms with Crippen LogP contribution in [-0.2, 0) is 16.1 Å². The maximum atomic E-state index is 12.5. The Labute approximate surface area is 155 Å². The third-order valence-electron chi connectivity index (χ3n) is 6.32. The van der Waals surface area contributed by atoms with Gasteiger partial charge < -0.3 is 14.7 Å². The number of likely N-dealkylation sites (tertiary alicyclic amines) is 1. The molecule has 26 heavy (non-hydrogen) atoms. The molecule has 142 valence electrons. The number of carbonyl (C=O) groups excluding carboxylic acids is 1. The lowest BCUT2D eigenvalue weighted by atomic mass is 9.72. The average molecular weight is 359 g/mol. The van der Waals surface area contributed by atoms with Gasteiger partial charge in [-0.25, -0.2) is 4.79 Å². The van der Waals surface area contributed by atoms with E-state index in [-0.39, 0.29) is 18.6 Å². The topological polar surface area (TPSA) is 66.8 Å². The lowest BCUT2D eigenvalue weighted by Crippen LogP contribution is -2.35. The van der Waals surface area contributed by atoms with E-state index in [1.807, 2.05) is 30.3 Å². The number of hydrogen-bond acceptors (Lipinski definition) is 3. The van der Waals surface area contributed by atoms with Crippen molar-refractivity contribution in [1.29, 1.82) is 0 Å². The first kappa shape index (κ1) is 18.7. The van der Waals surface area contributed by atoms with E-state index in [9.17, 15) is 14.7 Å². The number of hydrogen-bond donors (Lipinski definition) is 1. The van der Waals surface area contributed by atoms with Gasteiger partial charge in [-0.2, -0.15) is 0 Å². The Morgan fingerprint density at radius 2 is 2.00 bits per heavy atom. The van der Waals surface area contributed by atoms with Crippen molar-refractivity contribution >= 4 is 12.1 Å². The molecule has 3 atom stereocenters. The first-order valence-corrected chi connectivity index (χ1v) is 9.72. The smallest absolute Gasteiger partial charge is 0.410 e. The zero-order valence-corrected chi connectivity index (χ0v) is 15.5. The van der Waals surface area contributed by atoms with Crippen molar-refractivity contribution in [2.24, 2.45) is 17.3 Å². The number of benzene rings is 1. The van der Waals surface area contributed by atoms with Gasteiger partial charge in [-0.1, -0.05) is 56.5 Å². The second-order valence-corrected chi connectivity index (χ2v) is 7.88. The molecule has 0 radical (unpaired) electrons. The van der Waals surface area contributed by atoms with Gasteiger partial charge in [-0.3, -0.25) is 4.79 Å². The number of carbonyl (C=O) groups is 2. The molecule has 1 amide bonds. The van der Waals surface area contributed by atoms with Crippen molar-refractivity contribution in [3.05, 3.63) is 35.9 Å². The number of carboxylic acids is 1. The molecule has 1 N–H and O–H groups in total. The summed E-state index contributed by atoms with van der Waals surface area (Å²) in [5.74, 6) is -0.580. The van der Waals surface area contributed by atoms with Crippen LogP contribution in [0.3, 0.4) is 0 Å². The standard InChI is InChI=1S/C21H29NO4/c1-2-16-9-6-11-21(12-10-16)15-22(13-18(21)19(23)24)20(25)26-14-17-7-4-3-5-8-17/h3-5,7-8,16,18H,2,6,9-15H2,1H3,(H,23,24). The molecule has 1 saturated carbocycles. The number of rotatable bonds is 4. The highest BCUT2D eigenvalue weighted by Gasteiger charge is 2.52. The summed E-state index contributed by atoms with van der Waals surface area (Å²) in [7, 11) is 0. The van der Waals surface area contributed by atoms with Crippen LogP contribution in [0.4, 0.5) is 4.79 Å². The second kappa shape index (κ2) is 8.11. The van der Waals surface area contributed by atoms with E-state index in [0.29, 0.717) is 12.5 Å². The molecule has 1 spiro atoms. The Balaban J connectivity index is 1.66. The summed E-state index contributed by atoms with van der Waals surface area (Å²) in [6.07, 6.45) is 5.82. The lowest BCUT2D eigenvalue weighted by Gasteiger charge is -2.31. The normalized spacial score (nSPS) is 28.7. The summed E-state index contributed by atoms with van der Waals surface area (Å²) < 4.78 is 5.44. The number of nitrogens with zero attached hydrogens (tertiary/aromatic N) is 1. The van der Waals surface area contributed by atoms with Gasteiger partial charge >= 0.3 is 12.1 Å². The van der Waals surface area contributed by atoms with Gasteiger partial charge in [-0.15, -0.1) is 0 Å². The predicted molar refractivity (Wildman–Crippen MR) is 98.6 cm³/mol. The summed E-state index contributed by atoms with van der Waals surface area (Å²) in [5, 5.41) is 9.77. The minimum atomic E-state index is -0.779. The summed E-state index contributed by atoms with van der Waals surface area (Å²) in [5.41, 5.74) is 0.645. The molecule has 0 bridgehead atoms. The third-order valence-corrected chi connectivity index (χ3v) is 6.32. The van der Waals surface area contributed by atoms with Crippen LogP contribution in [0.2, 0.25) is 0 Å². The molecule has 1 aromatic rings. The quantitative estimate of drug-likeness (QED) is 0.869. The summed E-state index contributed by atoms with van der Waals surface area (Å²) in [6.45, 7) is 3.20. The molecule has 1 saturated heterocycles. The summed E-state index contributed by atoms with van der Waals surface area (Å²) in [6, 6.07) is 9.56. The lowest BCUT2D eigenvalue weighted by molar-refractivity contribution is -0.145. The van der Waals surface area contributed by atoms with Crippen molar-refractivity contribution in [1.82, 2.24) is 4.90 Å². The van der Waals surface area contributed by atoms with E-state index in [1.165, 1.54) is 6.42 Å². The fraction of sp³-hybridized carbons (Fsp3) is 0.619. The van der Waals surface area contributed by atoms with Gasteiger partial charge in [0.25, 0.3) is 0 Å². The van der Waals surface area contributed by atoms with Crippen molar-refractivity contribution < 1.29 is 19.4 Å². The highest BCUT2D eigenvalue weighted by molar-refractivity contribution is 5.75. The van der Waals surface area contributed by atoms with Gasteiger partial charge in [0.1, 0.15) is 6.61 Å². The SMILES string of the molecule is CCC1CCCC2(CC1)CN(C(=O)OCc1ccccc1)CC2C(=O)O. The van der Waals surface area contributed by atoms with Crippen molar-refractivity contribution in [2.75, 3.05) is 13.1 Å². The molecule has 1 heterocycles. The second-order valence-electron chi connectivity index (χ2n) is 7.88. The van der Waals surface area contributed by atoms with Crippen LogP contribution in [-0.4, -0.2) is 35.2 Å². The van der Waals surface area contributed by atoms with Crippen molar-refractivity contribution in [2.45, 2.75) is 52.1 Å². The van der Waals surface area contributed by atoms with E-state index < -0.39 is 18.0 Å². The zero-order valence-electron chi connectivity index (χ0n) is 15.5. The Kier molecular flexibility index (Phi) is 5.84. The molecule has 5 nitrogen and oxygen atoms in total. The molecule has 0 aromatic heterocycles. The molecule has 1 aromatic carbocycles. The van der Waals surface area contributed by atoms with Crippen molar-refractivity contribution in [3.63, 3.8) is 0 Å². The average Bonchev–Trinajstić information content (AvgIpc) is 2.90. The van der Waals surface area contributed by atoms with Crippen LogP contribution in [0, 0.1) is 17.3 Å². The number of aliphatic carboxylic acids is 1.